The lowest BCUT2D eigenvalue weighted by molar-refractivity contribution is 0.273. The van der Waals surface area contributed by atoms with Gasteiger partial charge >= 0.3 is 0 Å². The first-order chi connectivity index (χ1) is 16.8. The van der Waals surface area contributed by atoms with Gasteiger partial charge in [0, 0.05) is 31.5 Å². The number of rotatable bonds is 7. The maximum Gasteiger partial charge on any atom is 0.149 e. The highest BCUT2D eigenvalue weighted by atomic mass is 32.1. The largest absolute Gasteiger partial charge is 0.487 e. The molecule has 0 aliphatic carbocycles. The molecule has 3 nitrogen and oxygen atoms in total. The minimum absolute atomic E-state index is 0.356. The summed E-state index contributed by atoms with van der Waals surface area (Å²) in [4.78, 5) is 1.20. The van der Waals surface area contributed by atoms with Crippen molar-refractivity contribution in [3.8, 4) is 22.6 Å². The van der Waals surface area contributed by atoms with Gasteiger partial charge in [-0.1, -0.05) is 78.9 Å². The van der Waals surface area contributed by atoms with Gasteiger partial charge in [-0.05, 0) is 29.7 Å². The van der Waals surface area contributed by atoms with E-state index in [-0.39, 0.29) is 0 Å². The summed E-state index contributed by atoms with van der Waals surface area (Å²) in [5.41, 5.74) is 1.99. The predicted octanol–water partition coefficient (Wildman–Crippen LogP) is 8.47. The van der Waals surface area contributed by atoms with Crippen LogP contribution in [-0.2, 0) is 13.2 Å². The van der Waals surface area contributed by atoms with E-state index < -0.39 is 0 Å². The summed E-state index contributed by atoms with van der Waals surface area (Å²) >= 11 is 1.77. The number of benzene rings is 4. The van der Waals surface area contributed by atoms with Crippen molar-refractivity contribution >= 4 is 32.2 Å². The zero-order valence-electron chi connectivity index (χ0n) is 18.4. The van der Waals surface area contributed by atoms with Crippen LogP contribution in [0, 0.1) is 0 Å². The van der Waals surface area contributed by atoms with Gasteiger partial charge in [-0.2, -0.15) is 0 Å². The van der Waals surface area contributed by atoms with Gasteiger partial charge < -0.3 is 13.9 Å². The topological polar surface area (TPSA) is 31.6 Å². The lowest BCUT2D eigenvalue weighted by Gasteiger charge is -2.15. The van der Waals surface area contributed by atoms with E-state index in [0.29, 0.717) is 13.2 Å². The first-order valence-corrected chi connectivity index (χ1v) is 12.0. The van der Waals surface area contributed by atoms with Gasteiger partial charge in [0.25, 0.3) is 0 Å². The summed E-state index contributed by atoms with van der Waals surface area (Å²) in [6.07, 6.45) is 1.77. The molecule has 0 N–H and O–H groups in total. The van der Waals surface area contributed by atoms with Crippen LogP contribution in [0.3, 0.4) is 0 Å². The van der Waals surface area contributed by atoms with E-state index in [1.54, 1.807) is 17.6 Å². The maximum absolute atomic E-state index is 6.31. The Hall–Kier alpha value is -4.02. The van der Waals surface area contributed by atoms with Crippen LogP contribution in [0.15, 0.2) is 114 Å². The Balaban J connectivity index is 1.25. The number of thiophene rings is 1. The number of hydrogen-bond donors (Lipinski definition) is 0. The Bertz CT molecular complexity index is 1540. The van der Waals surface area contributed by atoms with Crippen LogP contribution < -0.4 is 9.47 Å². The summed E-state index contributed by atoms with van der Waals surface area (Å²) in [6, 6.07) is 34.9. The second-order valence-corrected chi connectivity index (χ2v) is 9.23. The summed E-state index contributed by atoms with van der Waals surface area (Å²) in [5, 5.41) is 3.41. The molecule has 4 aromatic carbocycles. The zero-order chi connectivity index (χ0) is 22.7. The normalized spacial score (nSPS) is 11.2. The molecule has 0 saturated carbocycles. The molecule has 166 valence electrons. The first-order valence-electron chi connectivity index (χ1n) is 11.2. The molecule has 6 aromatic rings. The average Bonchev–Trinajstić information content (AvgIpc) is 3.50. The third kappa shape index (κ3) is 4.04. The Kier molecular flexibility index (Phi) is 5.50. The van der Waals surface area contributed by atoms with Crippen LogP contribution in [0.2, 0.25) is 0 Å². The van der Waals surface area contributed by atoms with Crippen molar-refractivity contribution in [2.24, 2.45) is 0 Å². The van der Waals surface area contributed by atoms with Crippen LogP contribution in [0.5, 0.6) is 11.5 Å². The molecule has 0 atom stereocenters. The Morgan fingerprint density at radius 2 is 1.24 bits per heavy atom. The van der Waals surface area contributed by atoms with Crippen LogP contribution in [0.1, 0.15) is 10.6 Å². The van der Waals surface area contributed by atoms with Crippen molar-refractivity contribution < 1.29 is 13.9 Å². The minimum Gasteiger partial charge on any atom is -0.487 e. The molecular weight excluding hydrogens is 440 g/mol. The van der Waals surface area contributed by atoms with E-state index >= 15 is 0 Å². The van der Waals surface area contributed by atoms with Gasteiger partial charge in [-0.3, -0.25) is 0 Å². The van der Waals surface area contributed by atoms with Crippen molar-refractivity contribution in [2.75, 3.05) is 0 Å². The lowest BCUT2D eigenvalue weighted by Crippen LogP contribution is -1.98. The molecule has 0 unspecified atom stereocenters. The number of para-hydroxylation sites is 2. The molecule has 0 saturated heterocycles. The minimum atomic E-state index is 0.356. The predicted molar refractivity (Wildman–Crippen MR) is 139 cm³/mol. The Morgan fingerprint density at radius 3 is 2.00 bits per heavy atom. The van der Waals surface area contributed by atoms with Crippen molar-refractivity contribution in [1.29, 1.82) is 0 Å². The summed E-state index contributed by atoms with van der Waals surface area (Å²) in [6.45, 7) is 0.882. The second kappa shape index (κ2) is 9.08. The average molecular weight is 463 g/mol. The molecule has 0 fully saturated rings. The van der Waals surface area contributed by atoms with Crippen molar-refractivity contribution in [2.45, 2.75) is 13.2 Å². The number of ether oxygens (including phenoxy) is 2. The molecule has 0 aliphatic heterocycles. The van der Waals surface area contributed by atoms with Gasteiger partial charge in [-0.15, -0.1) is 11.3 Å². The van der Waals surface area contributed by atoms with E-state index in [1.807, 2.05) is 54.6 Å². The molecule has 0 aliphatic rings. The van der Waals surface area contributed by atoms with Gasteiger partial charge in [-0.25, -0.2) is 0 Å². The molecular formula is C30H22O3S. The highest BCUT2D eigenvalue weighted by molar-refractivity contribution is 7.19. The SMILES string of the molecule is c1ccc(-c2ccccc2OCc2occ3ccccc23)c(OCc2cc3ccccc3s2)c1. The van der Waals surface area contributed by atoms with E-state index in [2.05, 4.69) is 48.5 Å². The molecule has 2 aromatic heterocycles. The standard InChI is InChI=1S/C30H22O3S/c1-3-11-24-22(10-1)18-31-29(24)20-33-28-15-7-5-13-26(28)25-12-4-6-14-27(25)32-19-23-17-21-9-2-8-16-30(21)34-23/h1-18H,19-20H2. The molecule has 0 bridgehead atoms. The molecule has 0 amide bonds. The van der Waals surface area contributed by atoms with E-state index in [4.69, 9.17) is 13.9 Å². The Morgan fingerprint density at radius 1 is 0.618 bits per heavy atom. The van der Waals surface area contributed by atoms with Gasteiger partial charge in [0.1, 0.15) is 30.5 Å². The molecule has 2 heterocycles. The van der Waals surface area contributed by atoms with Crippen LogP contribution in [0.4, 0.5) is 0 Å². The van der Waals surface area contributed by atoms with Gasteiger partial charge in [0.15, 0.2) is 0 Å². The maximum atomic E-state index is 6.31. The Labute approximate surface area is 201 Å². The second-order valence-electron chi connectivity index (χ2n) is 8.07. The third-order valence-corrected chi connectivity index (χ3v) is 6.95. The summed E-state index contributed by atoms with van der Waals surface area (Å²) in [5.74, 6) is 2.44. The van der Waals surface area contributed by atoms with Crippen LogP contribution in [-0.4, -0.2) is 0 Å². The third-order valence-electron chi connectivity index (χ3n) is 5.86. The molecule has 34 heavy (non-hydrogen) atoms. The highest BCUT2D eigenvalue weighted by Gasteiger charge is 2.14. The zero-order valence-corrected chi connectivity index (χ0v) is 19.3. The van der Waals surface area contributed by atoms with E-state index in [0.717, 1.165) is 39.2 Å². The number of fused-ring (bicyclic) bond motifs is 2. The monoisotopic (exact) mass is 462 g/mol. The quantitative estimate of drug-likeness (QED) is 0.238. The highest BCUT2D eigenvalue weighted by Crippen LogP contribution is 2.37. The van der Waals surface area contributed by atoms with Gasteiger partial charge in [0.05, 0.1) is 6.26 Å². The fraction of sp³-hybridized carbons (Fsp3) is 0.0667. The number of furan rings is 1. The van der Waals surface area contributed by atoms with E-state index in [9.17, 15) is 0 Å². The first kappa shape index (κ1) is 20.6. The van der Waals surface area contributed by atoms with Crippen molar-refractivity contribution in [1.82, 2.24) is 0 Å². The molecule has 0 spiro atoms. The smallest absolute Gasteiger partial charge is 0.149 e. The number of hydrogen-bond acceptors (Lipinski definition) is 4. The van der Waals surface area contributed by atoms with E-state index in [1.165, 1.54) is 15.0 Å². The van der Waals surface area contributed by atoms with Crippen LogP contribution >= 0.6 is 11.3 Å². The summed E-state index contributed by atoms with van der Waals surface area (Å²) in [7, 11) is 0. The van der Waals surface area contributed by atoms with Crippen molar-refractivity contribution in [3.05, 3.63) is 120 Å². The molecule has 6 rings (SSSR count). The lowest BCUT2D eigenvalue weighted by atomic mass is 10.0. The fourth-order valence-corrected chi connectivity index (χ4v) is 5.17. The fourth-order valence-electron chi connectivity index (χ4n) is 4.19. The molecule has 0 radical (unpaired) electrons. The summed E-state index contributed by atoms with van der Waals surface area (Å²) < 4.78 is 19.6. The van der Waals surface area contributed by atoms with Crippen molar-refractivity contribution in [3.63, 3.8) is 0 Å². The van der Waals surface area contributed by atoms with Crippen LogP contribution in [0.25, 0.3) is 32.0 Å². The van der Waals surface area contributed by atoms with Gasteiger partial charge in [0.2, 0.25) is 0 Å². The molecule has 4 heteroatoms.